The average molecular weight is 194 g/mol. The van der Waals surface area contributed by atoms with E-state index in [2.05, 4.69) is 10.2 Å². The lowest BCUT2D eigenvalue weighted by Gasteiger charge is -2.37. The summed E-state index contributed by atoms with van der Waals surface area (Å²) < 4.78 is 0. The van der Waals surface area contributed by atoms with Crippen molar-refractivity contribution >= 4 is 0 Å². The fraction of sp³-hybridized carbons (Fsp3) is 1.00. The van der Waals surface area contributed by atoms with Gasteiger partial charge in [-0.25, -0.2) is 0 Å². The van der Waals surface area contributed by atoms with Gasteiger partial charge in [0.15, 0.2) is 0 Å². The fourth-order valence-electron chi connectivity index (χ4n) is 3.02. The first kappa shape index (κ1) is 9.17. The van der Waals surface area contributed by atoms with Gasteiger partial charge in [-0.2, -0.15) is 0 Å². The molecule has 2 nitrogen and oxygen atoms in total. The highest BCUT2D eigenvalue weighted by atomic mass is 15.1. The topological polar surface area (TPSA) is 15.3 Å². The largest absolute Gasteiger partial charge is 0.316 e. The van der Waals surface area contributed by atoms with Crippen LogP contribution in [0, 0.1) is 17.8 Å². The molecule has 0 radical (unpaired) electrons. The SMILES string of the molecule is C1NCC1CN1CCC(C2CC2)CC1. The molecule has 1 saturated carbocycles. The molecule has 80 valence electrons. The minimum atomic E-state index is 0.965. The predicted octanol–water partition coefficient (Wildman–Crippen LogP) is 1.33. The quantitative estimate of drug-likeness (QED) is 0.729. The highest BCUT2D eigenvalue weighted by Gasteiger charge is 2.33. The molecule has 2 aliphatic heterocycles. The second-order valence-corrected chi connectivity index (χ2v) is 5.50. The van der Waals surface area contributed by atoms with Crippen molar-refractivity contribution in [2.24, 2.45) is 17.8 Å². The van der Waals surface area contributed by atoms with E-state index in [-0.39, 0.29) is 0 Å². The fourth-order valence-corrected chi connectivity index (χ4v) is 3.02. The van der Waals surface area contributed by atoms with Crippen LogP contribution in [0.25, 0.3) is 0 Å². The highest BCUT2D eigenvalue weighted by molar-refractivity contribution is 4.86. The van der Waals surface area contributed by atoms with Gasteiger partial charge in [0.05, 0.1) is 0 Å². The van der Waals surface area contributed by atoms with E-state index < -0.39 is 0 Å². The van der Waals surface area contributed by atoms with Crippen molar-refractivity contribution in [2.45, 2.75) is 25.7 Å². The molecule has 0 unspecified atom stereocenters. The van der Waals surface area contributed by atoms with Gasteiger partial charge < -0.3 is 10.2 Å². The van der Waals surface area contributed by atoms with Crippen LogP contribution in [-0.2, 0) is 0 Å². The molecule has 1 N–H and O–H groups in total. The summed E-state index contributed by atoms with van der Waals surface area (Å²) in [4.78, 5) is 2.70. The minimum Gasteiger partial charge on any atom is -0.316 e. The summed E-state index contributed by atoms with van der Waals surface area (Å²) in [6.45, 7) is 6.67. The van der Waals surface area contributed by atoms with Gasteiger partial charge in [0, 0.05) is 19.6 Å². The predicted molar refractivity (Wildman–Crippen MR) is 58.2 cm³/mol. The lowest BCUT2D eigenvalue weighted by Crippen LogP contribution is -2.49. The Balaban J connectivity index is 1.40. The molecule has 3 aliphatic rings. The molecule has 0 atom stereocenters. The molecule has 0 aromatic rings. The minimum absolute atomic E-state index is 0.965. The Morgan fingerprint density at radius 3 is 2.07 bits per heavy atom. The Morgan fingerprint density at radius 2 is 1.57 bits per heavy atom. The van der Waals surface area contributed by atoms with Crippen molar-refractivity contribution in [1.82, 2.24) is 10.2 Å². The number of likely N-dealkylation sites (tertiary alicyclic amines) is 1. The van der Waals surface area contributed by atoms with Crippen molar-refractivity contribution in [1.29, 1.82) is 0 Å². The van der Waals surface area contributed by atoms with E-state index >= 15 is 0 Å². The number of rotatable bonds is 3. The van der Waals surface area contributed by atoms with Crippen LogP contribution in [0.15, 0.2) is 0 Å². The molecule has 1 aliphatic carbocycles. The second kappa shape index (κ2) is 3.82. The van der Waals surface area contributed by atoms with Crippen molar-refractivity contribution in [3.63, 3.8) is 0 Å². The van der Waals surface area contributed by atoms with Crippen LogP contribution in [0.1, 0.15) is 25.7 Å². The molecule has 0 bridgehead atoms. The molecule has 0 spiro atoms. The van der Waals surface area contributed by atoms with Crippen molar-refractivity contribution < 1.29 is 0 Å². The van der Waals surface area contributed by atoms with Gasteiger partial charge in [-0.3, -0.25) is 0 Å². The molecular weight excluding hydrogens is 172 g/mol. The molecule has 2 saturated heterocycles. The molecule has 0 aromatic carbocycles. The second-order valence-electron chi connectivity index (χ2n) is 5.50. The maximum atomic E-state index is 3.36. The molecule has 3 rings (SSSR count). The smallest absolute Gasteiger partial charge is 0.00340 e. The van der Waals surface area contributed by atoms with Gasteiger partial charge in [-0.1, -0.05) is 0 Å². The third-order valence-corrected chi connectivity index (χ3v) is 4.30. The Kier molecular flexibility index (Phi) is 2.50. The van der Waals surface area contributed by atoms with E-state index in [4.69, 9.17) is 0 Å². The molecule has 0 aromatic heterocycles. The van der Waals surface area contributed by atoms with E-state index in [0.717, 1.165) is 17.8 Å². The van der Waals surface area contributed by atoms with E-state index in [1.807, 2.05) is 0 Å². The molecule has 2 heterocycles. The summed E-state index contributed by atoms with van der Waals surface area (Å²) in [6.07, 6.45) is 6.06. The van der Waals surface area contributed by atoms with Crippen molar-refractivity contribution in [3.8, 4) is 0 Å². The van der Waals surface area contributed by atoms with Gasteiger partial charge in [0.25, 0.3) is 0 Å². The summed E-state index contributed by atoms with van der Waals surface area (Å²) in [7, 11) is 0. The molecule has 0 amide bonds. The molecule has 2 heteroatoms. The highest BCUT2D eigenvalue weighted by Crippen LogP contribution is 2.41. The average Bonchev–Trinajstić information content (AvgIpc) is 2.96. The van der Waals surface area contributed by atoms with Gasteiger partial charge in [-0.15, -0.1) is 0 Å². The molecule has 14 heavy (non-hydrogen) atoms. The van der Waals surface area contributed by atoms with E-state index in [0.29, 0.717) is 0 Å². The van der Waals surface area contributed by atoms with E-state index in [1.165, 1.54) is 58.4 Å². The number of hydrogen-bond donors (Lipinski definition) is 1. The van der Waals surface area contributed by atoms with E-state index in [1.54, 1.807) is 0 Å². The Hall–Kier alpha value is -0.0800. The third kappa shape index (κ3) is 1.96. The van der Waals surface area contributed by atoms with Gasteiger partial charge >= 0.3 is 0 Å². The lowest BCUT2D eigenvalue weighted by molar-refractivity contribution is 0.134. The standard InChI is InChI=1S/C12H22N2/c1-2-11(1)12-3-5-14(6-4-12)9-10-7-13-8-10/h10-13H,1-9H2. The summed E-state index contributed by atoms with van der Waals surface area (Å²) in [5.74, 6) is 3.21. The van der Waals surface area contributed by atoms with Crippen LogP contribution in [0.2, 0.25) is 0 Å². The van der Waals surface area contributed by atoms with Gasteiger partial charge in [-0.05, 0) is 56.5 Å². The zero-order chi connectivity index (χ0) is 9.38. The number of nitrogens with zero attached hydrogens (tertiary/aromatic N) is 1. The lowest BCUT2D eigenvalue weighted by atomic mass is 9.91. The van der Waals surface area contributed by atoms with Crippen LogP contribution in [0.3, 0.4) is 0 Å². The summed E-state index contributed by atoms with van der Waals surface area (Å²) >= 11 is 0. The van der Waals surface area contributed by atoms with Crippen LogP contribution in [0.4, 0.5) is 0 Å². The first-order chi connectivity index (χ1) is 6.92. The van der Waals surface area contributed by atoms with E-state index in [9.17, 15) is 0 Å². The zero-order valence-electron chi connectivity index (χ0n) is 9.04. The maximum absolute atomic E-state index is 3.36. The van der Waals surface area contributed by atoms with Crippen LogP contribution >= 0.6 is 0 Å². The van der Waals surface area contributed by atoms with Crippen molar-refractivity contribution in [2.75, 3.05) is 32.7 Å². The maximum Gasteiger partial charge on any atom is 0.00340 e. The molecule has 3 fully saturated rings. The Morgan fingerprint density at radius 1 is 0.929 bits per heavy atom. The van der Waals surface area contributed by atoms with Crippen molar-refractivity contribution in [3.05, 3.63) is 0 Å². The van der Waals surface area contributed by atoms with Crippen LogP contribution in [-0.4, -0.2) is 37.6 Å². The van der Waals surface area contributed by atoms with Crippen LogP contribution < -0.4 is 5.32 Å². The third-order valence-electron chi connectivity index (χ3n) is 4.30. The number of piperidine rings is 1. The molecular formula is C12H22N2. The Labute approximate surface area is 87.0 Å². The summed E-state index contributed by atoms with van der Waals surface area (Å²) in [5.41, 5.74) is 0. The van der Waals surface area contributed by atoms with Gasteiger partial charge in [0.1, 0.15) is 0 Å². The zero-order valence-corrected chi connectivity index (χ0v) is 9.04. The van der Waals surface area contributed by atoms with Gasteiger partial charge in [0.2, 0.25) is 0 Å². The van der Waals surface area contributed by atoms with Crippen LogP contribution in [0.5, 0.6) is 0 Å². The summed E-state index contributed by atoms with van der Waals surface area (Å²) in [6, 6.07) is 0. The summed E-state index contributed by atoms with van der Waals surface area (Å²) in [5, 5.41) is 3.36. The first-order valence-corrected chi connectivity index (χ1v) is 6.35. The Bertz CT molecular complexity index is 188. The first-order valence-electron chi connectivity index (χ1n) is 6.35. The number of hydrogen-bond acceptors (Lipinski definition) is 2. The monoisotopic (exact) mass is 194 g/mol. The normalized spacial score (nSPS) is 31.7. The number of nitrogens with one attached hydrogen (secondary N) is 1.